The van der Waals surface area contributed by atoms with Crippen molar-refractivity contribution < 1.29 is 4.74 Å². The highest BCUT2D eigenvalue weighted by molar-refractivity contribution is 6.89. The van der Waals surface area contributed by atoms with Crippen molar-refractivity contribution in [2.75, 3.05) is 7.11 Å². The number of rotatable bonds is 5. The van der Waals surface area contributed by atoms with Crippen molar-refractivity contribution >= 4 is 27.4 Å². The van der Waals surface area contributed by atoms with Crippen molar-refractivity contribution in [3.05, 3.63) is 64.2 Å². The lowest BCUT2D eigenvalue weighted by molar-refractivity contribution is 0.402. The van der Waals surface area contributed by atoms with Crippen molar-refractivity contribution in [2.45, 2.75) is 71.0 Å². The van der Waals surface area contributed by atoms with E-state index in [0.717, 1.165) is 5.75 Å². The molecule has 29 heavy (non-hydrogen) atoms. The summed E-state index contributed by atoms with van der Waals surface area (Å²) in [4.78, 5) is 0. The van der Waals surface area contributed by atoms with Crippen LogP contribution >= 0.6 is 0 Å². The lowest BCUT2D eigenvalue weighted by Gasteiger charge is -2.39. The standard InChI is InChI=1S/C26H38OSi2/c1-18-15-21(24(27-4)23(16-18)28(5,6)7)26(2,3)22-17-19-13-11-12-14-20(19)25(22)29(8,9)10/h11-17,25H,1-10H3. The Labute approximate surface area is 180 Å². The summed E-state index contributed by atoms with van der Waals surface area (Å²) in [6, 6.07) is 13.7. The average Bonchev–Trinajstić information content (AvgIpc) is 3.01. The van der Waals surface area contributed by atoms with Gasteiger partial charge in [0.1, 0.15) is 5.75 Å². The molecular formula is C26H38OSi2. The summed E-state index contributed by atoms with van der Waals surface area (Å²) < 4.78 is 6.12. The van der Waals surface area contributed by atoms with E-state index in [4.69, 9.17) is 4.74 Å². The van der Waals surface area contributed by atoms with Crippen LogP contribution in [-0.4, -0.2) is 23.3 Å². The third-order valence-electron chi connectivity index (χ3n) is 6.44. The van der Waals surface area contributed by atoms with Gasteiger partial charge >= 0.3 is 0 Å². The van der Waals surface area contributed by atoms with Crippen molar-refractivity contribution in [3.8, 4) is 5.75 Å². The second-order valence-corrected chi connectivity index (χ2v) is 21.6. The van der Waals surface area contributed by atoms with Gasteiger partial charge in [0.05, 0.1) is 23.3 Å². The molecule has 1 unspecified atom stereocenters. The highest BCUT2D eigenvalue weighted by atomic mass is 28.3. The molecule has 0 aliphatic heterocycles. The molecule has 1 aliphatic carbocycles. The molecule has 3 rings (SSSR count). The van der Waals surface area contributed by atoms with Gasteiger partial charge in [-0.15, -0.1) is 0 Å². The molecule has 0 N–H and O–H groups in total. The molecule has 156 valence electrons. The van der Waals surface area contributed by atoms with Gasteiger partial charge in [0.15, 0.2) is 0 Å². The van der Waals surface area contributed by atoms with Gasteiger partial charge in [-0.2, -0.15) is 0 Å². The fourth-order valence-electron chi connectivity index (χ4n) is 4.97. The summed E-state index contributed by atoms with van der Waals surface area (Å²) in [5.41, 5.74) is 7.62. The van der Waals surface area contributed by atoms with E-state index < -0.39 is 16.1 Å². The zero-order chi connectivity index (χ0) is 21.8. The van der Waals surface area contributed by atoms with E-state index in [2.05, 4.69) is 103 Å². The minimum absolute atomic E-state index is 0.0876. The number of benzene rings is 2. The van der Waals surface area contributed by atoms with Crippen LogP contribution in [0.5, 0.6) is 5.75 Å². The molecule has 2 aromatic rings. The van der Waals surface area contributed by atoms with Gasteiger partial charge in [-0.3, -0.25) is 0 Å². The summed E-state index contributed by atoms with van der Waals surface area (Å²) in [6.07, 6.45) is 2.48. The highest BCUT2D eigenvalue weighted by Gasteiger charge is 2.44. The van der Waals surface area contributed by atoms with Gasteiger partial charge in [0.25, 0.3) is 0 Å². The van der Waals surface area contributed by atoms with Crippen LogP contribution in [-0.2, 0) is 5.41 Å². The molecule has 0 fully saturated rings. The number of allylic oxidation sites excluding steroid dienone is 1. The largest absolute Gasteiger partial charge is 0.497 e. The fourth-order valence-corrected chi connectivity index (χ4v) is 9.12. The van der Waals surface area contributed by atoms with Gasteiger partial charge in [0.2, 0.25) is 0 Å². The molecular weight excluding hydrogens is 384 g/mol. The van der Waals surface area contributed by atoms with Crippen molar-refractivity contribution in [3.63, 3.8) is 0 Å². The van der Waals surface area contributed by atoms with Crippen LogP contribution in [0.2, 0.25) is 39.3 Å². The van der Waals surface area contributed by atoms with E-state index in [1.54, 1.807) is 5.57 Å². The Hall–Kier alpha value is -1.59. The number of hydrogen-bond acceptors (Lipinski definition) is 1. The summed E-state index contributed by atoms with van der Waals surface area (Å²) in [5.74, 6) is 1.12. The molecule has 0 saturated carbocycles. The predicted octanol–water partition coefficient (Wildman–Crippen LogP) is 6.88. The Morgan fingerprint density at radius 2 is 1.55 bits per heavy atom. The maximum atomic E-state index is 6.12. The first-order valence-corrected chi connectivity index (χ1v) is 17.9. The Morgan fingerprint density at radius 1 is 0.931 bits per heavy atom. The number of aryl methyl sites for hydroxylation is 1. The van der Waals surface area contributed by atoms with Gasteiger partial charge in [-0.25, -0.2) is 0 Å². The van der Waals surface area contributed by atoms with Crippen LogP contribution in [0.25, 0.3) is 6.08 Å². The lowest BCUT2D eigenvalue weighted by atomic mass is 9.75. The van der Waals surface area contributed by atoms with Gasteiger partial charge in [-0.05, 0) is 23.2 Å². The highest BCUT2D eigenvalue weighted by Crippen LogP contribution is 2.51. The molecule has 1 atom stereocenters. The molecule has 2 aromatic carbocycles. The molecule has 0 radical (unpaired) electrons. The molecule has 0 aromatic heterocycles. The average molecular weight is 423 g/mol. The number of fused-ring (bicyclic) bond motifs is 1. The first-order chi connectivity index (χ1) is 13.3. The molecule has 1 aliphatic rings. The van der Waals surface area contributed by atoms with Crippen molar-refractivity contribution in [1.82, 2.24) is 0 Å². The van der Waals surface area contributed by atoms with E-state index in [9.17, 15) is 0 Å². The Bertz CT molecular complexity index is 956. The van der Waals surface area contributed by atoms with E-state index in [-0.39, 0.29) is 5.41 Å². The minimum atomic E-state index is -1.53. The van der Waals surface area contributed by atoms with Gasteiger partial charge in [-0.1, -0.05) is 107 Å². The van der Waals surface area contributed by atoms with Gasteiger partial charge < -0.3 is 4.74 Å². The quantitative estimate of drug-likeness (QED) is 0.477. The molecule has 0 heterocycles. The zero-order valence-corrected chi connectivity index (χ0v) is 22.0. The van der Waals surface area contributed by atoms with Gasteiger partial charge in [0, 0.05) is 16.5 Å². The smallest absolute Gasteiger partial charge is 0.122 e. The molecule has 0 spiro atoms. The van der Waals surface area contributed by atoms with E-state index >= 15 is 0 Å². The summed E-state index contributed by atoms with van der Waals surface area (Å²) >= 11 is 0. The second kappa shape index (κ2) is 7.28. The maximum Gasteiger partial charge on any atom is 0.122 e. The minimum Gasteiger partial charge on any atom is -0.497 e. The Morgan fingerprint density at radius 3 is 2.10 bits per heavy atom. The summed E-state index contributed by atoms with van der Waals surface area (Å²) in [5, 5.41) is 1.43. The zero-order valence-electron chi connectivity index (χ0n) is 20.0. The number of hydrogen-bond donors (Lipinski definition) is 0. The Kier molecular flexibility index (Phi) is 5.55. The summed E-state index contributed by atoms with van der Waals surface area (Å²) in [7, 11) is -1.16. The summed E-state index contributed by atoms with van der Waals surface area (Å²) in [6.45, 7) is 21.8. The number of methoxy groups -OCH3 is 1. The van der Waals surface area contributed by atoms with Crippen LogP contribution in [0.3, 0.4) is 0 Å². The third kappa shape index (κ3) is 3.92. The maximum absolute atomic E-state index is 6.12. The normalized spacial score (nSPS) is 17.2. The van der Waals surface area contributed by atoms with Crippen LogP contribution in [0.1, 0.15) is 41.6 Å². The molecule has 0 saturated heterocycles. The van der Waals surface area contributed by atoms with E-state index in [0.29, 0.717) is 5.54 Å². The molecule has 0 amide bonds. The van der Waals surface area contributed by atoms with Crippen molar-refractivity contribution in [2.24, 2.45) is 0 Å². The van der Waals surface area contributed by atoms with E-state index in [1.807, 2.05) is 7.11 Å². The fraction of sp³-hybridized carbons (Fsp3) is 0.462. The van der Waals surface area contributed by atoms with Crippen LogP contribution in [0.4, 0.5) is 0 Å². The lowest BCUT2D eigenvalue weighted by Crippen LogP contribution is -2.41. The topological polar surface area (TPSA) is 9.23 Å². The monoisotopic (exact) mass is 422 g/mol. The van der Waals surface area contributed by atoms with E-state index in [1.165, 1.54) is 27.4 Å². The first-order valence-electron chi connectivity index (χ1n) is 10.8. The first kappa shape index (κ1) is 22.1. The van der Waals surface area contributed by atoms with Crippen LogP contribution in [0.15, 0.2) is 42.0 Å². The van der Waals surface area contributed by atoms with Crippen molar-refractivity contribution in [1.29, 1.82) is 0 Å². The molecule has 1 nitrogen and oxygen atoms in total. The van der Waals surface area contributed by atoms with Crippen LogP contribution in [0, 0.1) is 6.92 Å². The predicted molar refractivity (Wildman–Crippen MR) is 134 cm³/mol. The molecule has 3 heteroatoms. The Balaban J connectivity index is 2.26. The molecule has 0 bridgehead atoms. The number of ether oxygens (including phenoxy) is 1. The third-order valence-corrected chi connectivity index (χ3v) is 10.8. The SMILES string of the molecule is COc1c(C(C)(C)C2=Cc3ccccc3C2[Si](C)(C)C)cc(C)cc1[Si](C)(C)C. The van der Waals surface area contributed by atoms with Crippen LogP contribution < -0.4 is 9.92 Å². The second-order valence-electron chi connectivity index (χ2n) is 11.3.